The van der Waals surface area contributed by atoms with E-state index in [1.54, 1.807) is 13.8 Å². The van der Waals surface area contributed by atoms with Crippen molar-refractivity contribution in [1.82, 2.24) is 0 Å². The molecule has 1 aliphatic heterocycles. The molecule has 0 unspecified atom stereocenters. The number of hydrogen-bond acceptors (Lipinski definition) is 5. The summed E-state index contributed by atoms with van der Waals surface area (Å²) < 4.78 is 36.8. The van der Waals surface area contributed by atoms with Gasteiger partial charge in [-0.25, -0.2) is 0 Å². The summed E-state index contributed by atoms with van der Waals surface area (Å²) in [5.74, 6) is 0. The van der Waals surface area contributed by atoms with Gasteiger partial charge in [-0.3, -0.25) is 4.57 Å². The highest BCUT2D eigenvalue weighted by Gasteiger charge is 2.53. The van der Waals surface area contributed by atoms with E-state index in [4.69, 9.17) is 18.4 Å². The van der Waals surface area contributed by atoms with Gasteiger partial charge in [0.05, 0.1) is 29.7 Å². The van der Waals surface area contributed by atoms with Crippen LogP contribution < -0.4 is 10.8 Å². The number of hydrogen-bond donors (Lipinski definition) is 0. The standard InChI is InChI=1S/C17H28BO5P/c1-8-20-24(19,21-9-2)15-13(3)11-10-12-14(15)18-22-16(4,5)17(6,7)23-18/h10-12H,8-9H2,1-7H3. The van der Waals surface area contributed by atoms with E-state index in [1.165, 1.54) is 0 Å². The van der Waals surface area contributed by atoms with Crippen LogP contribution in [0.1, 0.15) is 47.1 Å². The second-order valence-corrected chi connectivity index (χ2v) is 8.89. The topological polar surface area (TPSA) is 54.0 Å². The summed E-state index contributed by atoms with van der Waals surface area (Å²) in [6.45, 7) is 14.1. The highest BCUT2D eigenvalue weighted by molar-refractivity contribution is 7.63. The monoisotopic (exact) mass is 354 g/mol. The molecule has 5 nitrogen and oxygen atoms in total. The first-order valence-electron chi connectivity index (χ1n) is 8.43. The predicted octanol–water partition coefficient (Wildman–Crippen LogP) is 3.19. The van der Waals surface area contributed by atoms with Crippen LogP contribution in [0.4, 0.5) is 0 Å². The first kappa shape index (κ1) is 19.7. The summed E-state index contributed by atoms with van der Waals surface area (Å²) >= 11 is 0. The van der Waals surface area contributed by atoms with Crippen LogP contribution in [0, 0.1) is 6.92 Å². The van der Waals surface area contributed by atoms with Crippen LogP contribution in [-0.4, -0.2) is 31.5 Å². The quantitative estimate of drug-likeness (QED) is 0.580. The van der Waals surface area contributed by atoms with Gasteiger partial charge in [0.25, 0.3) is 0 Å². The highest BCUT2D eigenvalue weighted by Crippen LogP contribution is 2.47. The van der Waals surface area contributed by atoms with E-state index < -0.39 is 25.9 Å². The largest absolute Gasteiger partial charge is 0.495 e. The Balaban J connectivity index is 2.54. The third-order valence-corrected chi connectivity index (χ3v) is 7.00. The van der Waals surface area contributed by atoms with Crippen molar-refractivity contribution in [2.45, 2.75) is 59.7 Å². The van der Waals surface area contributed by atoms with Gasteiger partial charge in [-0.2, -0.15) is 0 Å². The minimum absolute atomic E-state index is 0.300. The fraction of sp³-hybridized carbons (Fsp3) is 0.647. The molecule has 0 spiro atoms. The van der Waals surface area contributed by atoms with Crippen molar-refractivity contribution in [3.63, 3.8) is 0 Å². The molecule has 0 aromatic heterocycles. The number of rotatable bonds is 6. The summed E-state index contributed by atoms with van der Waals surface area (Å²) in [6.07, 6.45) is 0. The lowest BCUT2D eigenvalue weighted by Crippen LogP contribution is -2.44. The van der Waals surface area contributed by atoms with Gasteiger partial charge in [-0.15, -0.1) is 0 Å². The lowest BCUT2D eigenvalue weighted by Gasteiger charge is -2.32. The fourth-order valence-electron chi connectivity index (χ4n) is 2.72. The van der Waals surface area contributed by atoms with Crippen LogP contribution in [0.3, 0.4) is 0 Å². The van der Waals surface area contributed by atoms with Crippen molar-refractivity contribution in [3.05, 3.63) is 23.8 Å². The third-order valence-electron chi connectivity index (χ3n) is 4.65. The van der Waals surface area contributed by atoms with Crippen molar-refractivity contribution in [2.75, 3.05) is 13.2 Å². The van der Waals surface area contributed by atoms with Crippen LogP contribution in [-0.2, 0) is 22.9 Å². The minimum Gasteiger partial charge on any atom is -0.399 e. The van der Waals surface area contributed by atoms with Crippen LogP contribution in [0.5, 0.6) is 0 Å². The molecule has 0 aliphatic carbocycles. The minimum atomic E-state index is -3.44. The normalized spacial score (nSPS) is 19.7. The smallest absolute Gasteiger partial charge is 0.399 e. The molecule has 0 bridgehead atoms. The molecule has 0 amide bonds. The zero-order chi connectivity index (χ0) is 18.2. The first-order valence-corrected chi connectivity index (χ1v) is 9.97. The first-order chi connectivity index (χ1) is 11.1. The SMILES string of the molecule is CCOP(=O)(OCC)c1c(C)cccc1B1OC(C)(C)C(C)(C)O1. The predicted molar refractivity (Wildman–Crippen MR) is 97.4 cm³/mol. The Labute approximate surface area is 145 Å². The van der Waals surface area contributed by atoms with Gasteiger partial charge >= 0.3 is 14.7 Å². The molecule has 0 radical (unpaired) electrons. The molecule has 24 heavy (non-hydrogen) atoms. The van der Waals surface area contributed by atoms with E-state index in [0.717, 1.165) is 5.56 Å². The van der Waals surface area contributed by atoms with Gasteiger partial charge in [-0.05, 0) is 59.5 Å². The average Bonchev–Trinajstić information content (AvgIpc) is 2.67. The number of aryl methyl sites for hydroxylation is 1. The van der Waals surface area contributed by atoms with Gasteiger partial charge in [-0.1, -0.05) is 18.2 Å². The van der Waals surface area contributed by atoms with E-state index in [2.05, 4.69) is 0 Å². The van der Waals surface area contributed by atoms with Gasteiger partial charge in [0.1, 0.15) is 0 Å². The van der Waals surface area contributed by atoms with Gasteiger partial charge in [0, 0.05) is 0 Å². The molecule has 1 saturated heterocycles. The summed E-state index contributed by atoms with van der Waals surface area (Å²) in [5, 5.41) is 0.548. The van der Waals surface area contributed by atoms with Crippen molar-refractivity contribution < 1.29 is 22.9 Å². The Bertz CT molecular complexity index is 618. The second kappa shape index (κ2) is 6.93. The van der Waals surface area contributed by atoms with Crippen molar-refractivity contribution in [1.29, 1.82) is 0 Å². The molecule has 0 atom stereocenters. The summed E-state index contributed by atoms with van der Waals surface area (Å²) in [4.78, 5) is 0. The molecule has 7 heteroatoms. The Morgan fingerprint density at radius 3 is 2.00 bits per heavy atom. The molecule has 2 rings (SSSR count). The van der Waals surface area contributed by atoms with Crippen LogP contribution in [0.25, 0.3) is 0 Å². The van der Waals surface area contributed by atoms with Crippen molar-refractivity contribution in [2.24, 2.45) is 0 Å². The molecule has 0 saturated carbocycles. The van der Waals surface area contributed by atoms with E-state index >= 15 is 0 Å². The maximum atomic E-state index is 13.4. The zero-order valence-corrected chi connectivity index (χ0v) is 16.6. The molecule has 1 heterocycles. The van der Waals surface area contributed by atoms with Crippen molar-refractivity contribution >= 4 is 25.5 Å². The zero-order valence-electron chi connectivity index (χ0n) is 15.7. The van der Waals surface area contributed by atoms with E-state index in [1.807, 2.05) is 52.8 Å². The molecule has 1 aliphatic rings. The van der Waals surface area contributed by atoms with Crippen molar-refractivity contribution in [3.8, 4) is 0 Å². The maximum Gasteiger partial charge on any atom is 0.495 e. The van der Waals surface area contributed by atoms with E-state index in [0.29, 0.717) is 24.0 Å². The third kappa shape index (κ3) is 3.49. The maximum absolute atomic E-state index is 13.4. The Hall–Kier alpha value is -0.645. The summed E-state index contributed by atoms with van der Waals surface area (Å²) in [5.41, 5.74) is 0.603. The van der Waals surface area contributed by atoms with Crippen LogP contribution in [0.15, 0.2) is 18.2 Å². The average molecular weight is 354 g/mol. The van der Waals surface area contributed by atoms with Gasteiger partial charge in [0.2, 0.25) is 0 Å². The fourth-order valence-corrected chi connectivity index (χ4v) is 4.74. The Morgan fingerprint density at radius 2 is 1.54 bits per heavy atom. The second-order valence-electron chi connectivity index (χ2n) is 6.93. The number of benzene rings is 1. The highest BCUT2D eigenvalue weighted by atomic mass is 31.2. The van der Waals surface area contributed by atoms with Crippen LogP contribution in [0.2, 0.25) is 0 Å². The molecular weight excluding hydrogens is 326 g/mol. The molecule has 1 aromatic carbocycles. The lowest BCUT2D eigenvalue weighted by atomic mass is 9.78. The van der Waals surface area contributed by atoms with E-state index in [9.17, 15) is 4.57 Å². The molecular formula is C17H28BO5P. The summed E-state index contributed by atoms with van der Waals surface area (Å²) in [6, 6.07) is 5.67. The molecule has 134 valence electrons. The Kier molecular flexibility index (Phi) is 5.68. The lowest BCUT2D eigenvalue weighted by molar-refractivity contribution is 0.00578. The molecule has 1 aromatic rings. The van der Waals surface area contributed by atoms with Gasteiger partial charge < -0.3 is 18.4 Å². The molecule has 0 N–H and O–H groups in total. The van der Waals surface area contributed by atoms with Gasteiger partial charge in [0.15, 0.2) is 0 Å². The van der Waals surface area contributed by atoms with E-state index in [-0.39, 0.29) is 0 Å². The Morgan fingerprint density at radius 1 is 1.04 bits per heavy atom. The van der Waals surface area contributed by atoms with Crippen LogP contribution >= 0.6 is 7.60 Å². The summed E-state index contributed by atoms with van der Waals surface area (Å²) in [7, 11) is -4.05. The molecule has 1 fully saturated rings.